The summed E-state index contributed by atoms with van der Waals surface area (Å²) in [4.78, 5) is 7.48. The van der Waals surface area contributed by atoms with Crippen LogP contribution in [-0.2, 0) is 0 Å². The van der Waals surface area contributed by atoms with Gasteiger partial charge in [0, 0.05) is 26.2 Å². The van der Waals surface area contributed by atoms with Gasteiger partial charge in [-0.1, -0.05) is 0 Å². The number of rotatable bonds is 6. The first-order valence-corrected chi connectivity index (χ1v) is 8.04. The first-order chi connectivity index (χ1) is 9.24. The fourth-order valence-electron chi connectivity index (χ4n) is 3.07. The summed E-state index contributed by atoms with van der Waals surface area (Å²) in [5.74, 6) is 0.917. The zero-order valence-corrected chi connectivity index (χ0v) is 12.9. The quantitative estimate of drug-likeness (QED) is 0.710. The second kappa shape index (κ2) is 8.20. The molecule has 2 rings (SSSR count). The molecule has 2 saturated heterocycles. The molecule has 2 heterocycles. The normalized spacial score (nSPS) is 24.9. The van der Waals surface area contributed by atoms with E-state index in [1.165, 1.54) is 78.2 Å². The topological polar surface area (TPSA) is 21.8 Å². The molecule has 0 unspecified atom stereocenters. The third-order valence-electron chi connectivity index (χ3n) is 4.69. The number of hydrogen-bond donors (Lipinski definition) is 1. The first-order valence-electron chi connectivity index (χ1n) is 8.04. The van der Waals surface area contributed by atoms with E-state index in [1.54, 1.807) is 0 Å². The highest BCUT2D eigenvalue weighted by Crippen LogP contribution is 2.14. The summed E-state index contributed by atoms with van der Waals surface area (Å²) in [5, 5.41) is 3.66. The van der Waals surface area contributed by atoms with Crippen LogP contribution < -0.4 is 5.32 Å². The van der Waals surface area contributed by atoms with Gasteiger partial charge >= 0.3 is 0 Å². The Morgan fingerprint density at radius 3 is 2.21 bits per heavy atom. The maximum absolute atomic E-state index is 3.66. The van der Waals surface area contributed by atoms with Crippen LogP contribution in [0.3, 0.4) is 0 Å². The molecule has 4 nitrogen and oxygen atoms in total. The molecule has 0 atom stereocenters. The summed E-state index contributed by atoms with van der Waals surface area (Å²) in [6.45, 7) is 11.3. The first kappa shape index (κ1) is 15.2. The van der Waals surface area contributed by atoms with Crippen molar-refractivity contribution < 1.29 is 0 Å². The van der Waals surface area contributed by atoms with Crippen LogP contribution in [-0.4, -0.2) is 87.7 Å². The maximum Gasteiger partial charge on any atom is 0.0110 e. The molecular formula is C15H32N4. The molecule has 4 heteroatoms. The summed E-state index contributed by atoms with van der Waals surface area (Å²) >= 11 is 0. The summed E-state index contributed by atoms with van der Waals surface area (Å²) in [6.07, 6.45) is 4.06. The smallest absolute Gasteiger partial charge is 0.0110 e. The van der Waals surface area contributed by atoms with E-state index >= 15 is 0 Å². The molecule has 0 bridgehead atoms. The fraction of sp³-hybridized carbons (Fsp3) is 1.00. The van der Waals surface area contributed by atoms with Gasteiger partial charge in [0.25, 0.3) is 0 Å². The van der Waals surface area contributed by atoms with Crippen LogP contribution in [0.15, 0.2) is 0 Å². The van der Waals surface area contributed by atoms with Gasteiger partial charge in [0.05, 0.1) is 0 Å². The Morgan fingerprint density at radius 1 is 0.895 bits per heavy atom. The van der Waals surface area contributed by atoms with Crippen molar-refractivity contribution in [3.8, 4) is 0 Å². The molecule has 0 aromatic carbocycles. The minimum Gasteiger partial charge on any atom is -0.316 e. The maximum atomic E-state index is 3.66. The van der Waals surface area contributed by atoms with Gasteiger partial charge in [-0.3, -0.25) is 0 Å². The second-order valence-electron chi connectivity index (χ2n) is 6.45. The van der Waals surface area contributed by atoms with E-state index in [0.29, 0.717) is 0 Å². The van der Waals surface area contributed by atoms with Crippen molar-refractivity contribution >= 4 is 0 Å². The molecule has 2 aliphatic heterocycles. The lowest BCUT2D eigenvalue weighted by Gasteiger charge is -2.32. The van der Waals surface area contributed by atoms with Crippen molar-refractivity contribution in [2.24, 2.45) is 5.92 Å². The van der Waals surface area contributed by atoms with Crippen molar-refractivity contribution in [1.82, 2.24) is 20.0 Å². The SMILES string of the molecule is CN1CCC(CNCCCN2CCN(C)CC2)CC1. The van der Waals surface area contributed by atoms with E-state index in [0.717, 1.165) is 5.92 Å². The van der Waals surface area contributed by atoms with Gasteiger partial charge in [-0.05, 0) is 72.0 Å². The van der Waals surface area contributed by atoms with Crippen LogP contribution in [0.5, 0.6) is 0 Å². The average Bonchev–Trinajstić information content (AvgIpc) is 2.43. The highest BCUT2D eigenvalue weighted by molar-refractivity contribution is 4.72. The molecular weight excluding hydrogens is 236 g/mol. The summed E-state index contributed by atoms with van der Waals surface area (Å²) in [6, 6.07) is 0. The molecule has 0 radical (unpaired) electrons. The zero-order chi connectivity index (χ0) is 13.5. The van der Waals surface area contributed by atoms with Crippen LogP contribution >= 0.6 is 0 Å². The molecule has 2 fully saturated rings. The van der Waals surface area contributed by atoms with Crippen LogP contribution in [0.2, 0.25) is 0 Å². The largest absolute Gasteiger partial charge is 0.316 e. The fourth-order valence-corrected chi connectivity index (χ4v) is 3.07. The van der Waals surface area contributed by atoms with Crippen LogP contribution in [0.25, 0.3) is 0 Å². The molecule has 112 valence electrons. The van der Waals surface area contributed by atoms with Gasteiger partial charge in [-0.2, -0.15) is 0 Å². The van der Waals surface area contributed by atoms with Crippen molar-refractivity contribution in [1.29, 1.82) is 0 Å². The Hall–Kier alpha value is -0.160. The number of hydrogen-bond acceptors (Lipinski definition) is 4. The van der Waals surface area contributed by atoms with Gasteiger partial charge < -0.3 is 20.0 Å². The lowest BCUT2D eigenvalue weighted by atomic mass is 9.97. The molecule has 19 heavy (non-hydrogen) atoms. The minimum absolute atomic E-state index is 0.917. The Bertz CT molecular complexity index is 206. The van der Waals surface area contributed by atoms with E-state index in [1.807, 2.05) is 0 Å². The number of nitrogens with one attached hydrogen (secondary N) is 1. The van der Waals surface area contributed by atoms with Gasteiger partial charge in [0.15, 0.2) is 0 Å². The summed E-state index contributed by atoms with van der Waals surface area (Å²) < 4.78 is 0. The van der Waals surface area contributed by atoms with Crippen LogP contribution in [0, 0.1) is 5.92 Å². The van der Waals surface area contributed by atoms with Gasteiger partial charge in [0.1, 0.15) is 0 Å². The molecule has 1 N–H and O–H groups in total. The molecule has 0 aromatic rings. The highest BCUT2D eigenvalue weighted by Gasteiger charge is 2.16. The van der Waals surface area contributed by atoms with Gasteiger partial charge in [-0.15, -0.1) is 0 Å². The molecule has 0 aliphatic carbocycles. The van der Waals surface area contributed by atoms with E-state index in [2.05, 4.69) is 34.1 Å². The summed E-state index contributed by atoms with van der Waals surface area (Å²) in [5.41, 5.74) is 0. The average molecular weight is 268 g/mol. The predicted octanol–water partition coefficient (Wildman–Crippen LogP) is 0.555. The number of nitrogens with zero attached hydrogens (tertiary/aromatic N) is 3. The Balaban J connectivity index is 1.44. The highest BCUT2D eigenvalue weighted by atomic mass is 15.2. The molecule has 0 spiro atoms. The van der Waals surface area contributed by atoms with Crippen molar-refractivity contribution in [3.63, 3.8) is 0 Å². The molecule has 0 saturated carbocycles. The van der Waals surface area contributed by atoms with Crippen LogP contribution in [0.4, 0.5) is 0 Å². The van der Waals surface area contributed by atoms with E-state index < -0.39 is 0 Å². The Kier molecular flexibility index (Phi) is 6.57. The van der Waals surface area contributed by atoms with Gasteiger partial charge in [0.2, 0.25) is 0 Å². The van der Waals surface area contributed by atoms with E-state index in [9.17, 15) is 0 Å². The van der Waals surface area contributed by atoms with E-state index in [-0.39, 0.29) is 0 Å². The zero-order valence-electron chi connectivity index (χ0n) is 12.9. The minimum atomic E-state index is 0.917. The lowest BCUT2D eigenvalue weighted by Crippen LogP contribution is -2.45. The standard InChI is InChI=1S/C15H32N4/c1-17-8-4-15(5-9-17)14-16-6-3-7-19-12-10-18(2)11-13-19/h15-16H,3-14H2,1-2H3. The van der Waals surface area contributed by atoms with Crippen molar-refractivity contribution in [2.75, 3.05) is 73.0 Å². The number of likely N-dealkylation sites (N-methyl/N-ethyl adjacent to an activating group) is 1. The molecule has 0 aromatic heterocycles. The number of piperidine rings is 1. The molecule has 2 aliphatic rings. The summed E-state index contributed by atoms with van der Waals surface area (Å²) in [7, 11) is 4.46. The van der Waals surface area contributed by atoms with E-state index in [4.69, 9.17) is 0 Å². The monoisotopic (exact) mass is 268 g/mol. The van der Waals surface area contributed by atoms with Crippen LogP contribution in [0.1, 0.15) is 19.3 Å². The second-order valence-corrected chi connectivity index (χ2v) is 6.45. The Morgan fingerprint density at radius 2 is 1.53 bits per heavy atom. The third-order valence-corrected chi connectivity index (χ3v) is 4.69. The van der Waals surface area contributed by atoms with Gasteiger partial charge in [-0.25, -0.2) is 0 Å². The van der Waals surface area contributed by atoms with Crippen molar-refractivity contribution in [3.05, 3.63) is 0 Å². The predicted molar refractivity (Wildman–Crippen MR) is 81.6 cm³/mol. The van der Waals surface area contributed by atoms with Crippen molar-refractivity contribution in [2.45, 2.75) is 19.3 Å². The third kappa shape index (κ3) is 5.78. The number of piperazine rings is 1. The lowest BCUT2D eigenvalue weighted by molar-refractivity contribution is 0.152. The molecule has 0 amide bonds. The number of likely N-dealkylation sites (tertiary alicyclic amines) is 1. The Labute approximate surface area is 119 Å².